The molecular weight excluding hydrogens is 218 g/mol. The van der Waals surface area contributed by atoms with Crippen LogP contribution in [0.4, 0.5) is 0 Å². The maximum atomic E-state index is 4.63. The molecule has 3 rings (SSSR count). The molecule has 1 nitrogen and oxygen atoms in total. The van der Waals surface area contributed by atoms with Crippen molar-refractivity contribution in [2.24, 2.45) is 0 Å². The van der Waals surface area contributed by atoms with Gasteiger partial charge in [-0.15, -0.1) is 0 Å². The molecule has 0 amide bonds. The molecule has 0 N–H and O–H groups in total. The maximum Gasteiger partial charge on any atom is 0.0463 e. The Morgan fingerprint density at radius 3 is 2.33 bits per heavy atom. The van der Waals surface area contributed by atoms with Crippen LogP contribution in [0.15, 0.2) is 48.7 Å². The Morgan fingerprint density at radius 2 is 1.56 bits per heavy atom. The Morgan fingerprint density at radius 1 is 0.833 bits per heavy atom. The average Bonchev–Trinajstić information content (AvgIpc) is 2.37. The molecule has 3 aromatic rings. The molecule has 0 aliphatic carbocycles. The number of aromatic nitrogens is 1. The Kier molecular flexibility index (Phi) is 2.37. The highest BCUT2D eigenvalue weighted by molar-refractivity contribution is 6.07. The van der Waals surface area contributed by atoms with Crippen molar-refractivity contribution >= 4 is 21.5 Å². The Hall–Kier alpha value is -1.89. The van der Waals surface area contributed by atoms with E-state index >= 15 is 0 Å². The van der Waals surface area contributed by atoms with Gasteiger partial charge in [-0.2, -0.15) is 0 Å². The summed E-state index contributed by atoms with van der Waals surface area (Å²) < 4.78 is 0. The molecule has 18 heavy (non-hydrogen) atoms. The molecule has 0 aliphatic rings. The second-order valence-electron chi connectivity index (χ2n) is 5.83. The lowest BCUT2D eigenvalue weighted by Gasteiger charge is -2.18. The van der Waals surface area contributed by atoms with Gasteiger partial charge in [-0.3, -0.25) is 4.98 Å². The molecule has 0 saturated carbocycles. The van der Waals surface area contributed by atoms with E-state index in [1.807, 2.05) is 6.20 Å². The van der Waals surface area contributed by atoms with Crippen LogP contribution in [-0.4, -0.2) is 4.98 Å². The van der Waals surface area contributed by atoms with Gasteiger partial charge < -0.3 is 0 Å². The molecule has 0 aliphatic heterocycles. The van der Waals surface area contributed by atoms with E-state index in [1.54, 1.807) is 0 Å². The largest absolute Gasteiger partial charge is 0.260 e. The third-order valence-corrected chi connectivity index (χ3v) is 3.40. The van der Waals surface area contributed by atoms with Crippen LogP contribution in [0, 0.1) is 0 Å². The van der Waals surface area contributed by atoms with Gasteiger partial charge in [-0.05, 0) is 22.2 Å². The zero-order valence-electron chi connectivity index (χ0n) is 11.1. The fraction of sp³-hybridized carbons (Fsp3) is 0.235. The average molecular weight is 235 g/mol. The highest BCUT2D eigenvalue weighted by atomic mass is 14.7. The highest BCUT2D eigenvalue weighted by Crippen LogP contribution is 2.28. The van der Waals surface area contributed by atoms with Crippen LogP contribution in [0.25, 0.3) is 21.5 Å². The van der Waals surface area contributed by atoms with Crippen LogP contribution >= 0.6 is 0 Å². The molecule has 1 heteroatoms. The lowest BCUT2D eigenvalue weighted by molar-refractivity contribution is 0.570. The molecular formula is C17H17N. The lowest BCUT2D eigenvalue weighted by atomic mass is 9.90. The monoisotopic (exact) mass is 235 g/mol. The lowest BCUT2D eigenvalue weighted by Crippen LogP contribution is -2.12. The topological polar surface area (TPSA) is 12.9 Å². The zero-order chi connectivity index (χ0) is 12.8. The minimum absolute atomic E-state index is 0.0971. The Balaban J connectivity index is 2.35. The van der Waals surface area contributed by atoms with E-state index in [9.17, 15) is 0 Å². The van der Waals surface area contributed by atoms with Crippen LogP contribution in [0.1, 0.15) is 26.5 Å². The summed E-state index contributed by atoms with van der Waals surface area (Å²) in [6.07, 6.45) is 2.01. The van der Waals surface area contributed by atoms with Gasteiger partial charge in [0.2, 0.25) is 0 Å². The van der Waals surface area contributed by atoms with E-state index in [1.165, 1.54) is 21.5 Å². The third-order valence-electron chi connectivity index (χ3n) is 3.40. The zero-order valence-corrected chi connectivity index (χ0v) is 11.1. The van der Waals surface area contributed by atoms with Crippen LogP contribution in [0.5, 0.6) is 0 Å². The van der Waals surface area contributed by atoms with Gasteiger partial charge in [-0.25, -0.2) is 0 Å². The van der Waals surface area contributed by atoms with Crippen molar-refractivity contribution < 1.29 is 0 Å². The van der Waals surface area contributed by atoms with Crippen molar-refractivity contribution in [2.45, 2.75) is 26.2 Å². The summed E-state index contributed by atoms with van der Waals surface area (Å²) in [6.45, 7) is 6.59. The molecule has 0 radical (unpaired) electrons. The number of fused-ring (bicyclic) bond motifs is 3. The van der Waals surface area contributed by atoms with Gasteiger partial charge in [0, 0.05) is 22.7 Å². The number of rotatable bonds is 0. The first-order chi connectivity index (χ1) is 8.55. The molecule has 0 unspecified atom stereocenters. The molecule has 1 heterocycles. The summed E-state index contributed by atoms with van der Waals surface area (Å²) in [5.41, 5.74) is 1.24. The van der Waals surface area contributed by atoms with Crippen LogP contribution in [0.3, 0.4) is 0 Å². The minimum atomic E-state index is 0.0971. The van der Waals surface area contributed by atoms with Crippen LogP contribution in [0.2, 0.25) is 0 Å². The standard InChI is InChI=1S/C17H17N/c1-17(2,3)16-10-13-9-8-12-6-4-5-7-14(12)15(13)11-18-16/h4-11H,1-3H3. The first-order valence-corrected chi connectivity index (χ1v) is 6.34. The molecule has 0 saturated heterocycles. The minimum Gasteiger partial charge on any atom is -0.260 e. The predicted octanol–water partition coefficient (Wildman–Crippen LogP) is 4.69. The van der Waals surface area contributed by atoms with E-state index in [4.69, 9.17) is 0 Å². The maximum absolute atomic E-state index is 4.63. The molecule has 0 atom stereocenters. The van der Waals surface area contributed by atoms with E-state index in [2.05, 4.69) is 68.2 Å². The second-order valence-corrected chi connectivity index (χ2v) is 5.83. The molecule has 0 spiro atoms. The van der Waals surface area contributed by atoms with Gasteiger partial charge in [0.15, 0.2) is 0 Å². The van der Waals surface area contributed by atoms with Gasteiger partial charge in [-0.1, -0.05) is 57.2 Å². The summed E-state index contributed by atoms with van der Waals surface area (Å²) in [6, 6.07) is 15.0. The van der Waals surface area contributed by atoms with Crippen molar-refractivity contribution in [1.82, 2.24) is 4.98 Å². The fourth-order valence-electron chi connectivity index (χ4n) is 2.31. The smallest absolute Gasteiger partial charge is 0.0463 e. The highest BCUT2D eigenvalue weighted by Gasteiger charge is 2.15. The first-order valence-electron chi connectivity index (χ1n) is 6.34. The second kappa shape index (κ2) is 3.81. The third kappa shape index (κ3) is 1.76. The van der Waals surface area contributed by atoms with Crippen molar-refractivity contribution in [3.8, 4) is 0 Å². The number of nitrogens with zero attached hydrogens (tertiary/aromatic N) is 1. The van der Waals surface area contributed by atoms with E-state index < -0.39 is 0 Å². The predicted molar refractivity (Wildman–Crippen MR) is 77.9 cm³/mol. The number of hydrogen-bond acceptors (Lipinski definition) is 1. The van der Waals surface area contributed by atoms with E-state index in [0.717, 1.165) is 5.69 Å². The quantitative estimate of drug-likeness (QED) is 0.515. The number of pyridine rings is 1. The molecule has 90 valence electrons. The summed E-state index contributed by atoms with van der Waals surface area (Å²) in [7, 11) is 0. The molecule has 0 bridgehead atoms. The van der Waals surface area contributed by atoms with Gasteiger partial charge in [0.1, 0.15) is 0 Å². The summed E-state index contributed by atoms with van der Waals surface area (Å²) in [5.74, 6) is 0. The van der Waals surface area contributed by atoms with Gasteiger partial charge >= 0.3 is 0 Å². The van der Waals surface area contributed by atoms with Crippen molar-refractivity contribution in [3.05, 3.63) is 54.4 Å². The molecule has 0 fully saturated rings. The summed E-state index contributed by atoms with van der Waals surface area (Å²) in [4.78, 5) is 4.63. The molecule has 1 aromatic heterocycles. The Bertz CT molecular complexity index is 720. The van der Waals surface area contributed by atoms with Crippen molar-refractivity contribution in [1.29, 1.82) is 0 Å². The number of hydrogen-bond donors (Lipinski definition) is 0. The fourth-order valence-corrected chi connectivity index (χ4v) is 2.31. The summed E-state index contributed by atoms with van der Waals surface area (Å²) >= 11 is 0. The van der Waals surface area contributed by atoms with Crippen LogP contribution < -0.4 is 0 Å². The van der Waals surface area contributed by atoms with Crippen LogP contribution in [-0.2, 0) is 5.41 Å². The van der Waals surface area contributed by atoms with Crippen molar-refractivity contribution in [3.63, 3.8) is 0 Å². The normalized spacial score (nSPS) is 12.2. The SMILES string of the molecule is CC(C)(C)c1cc2ccc3ccccc3c2cn1. The van der Waals surface area contributed by atoms with Gasteiger partial charge in [0.05, 0.1) is 0 Å². The Labute approximate surface area is 107 Å². The van der Waals surface area contributed by atoms with E-state index in [-0.39, 0.29) is 5.41 Å². The van der Waals surface area contributed by atoms with Gasteiger partial charge in [0.25, 0.3) is 0 Å². The number of benzene rings is 2. The summed E-state index contributed by atoms with van der Waals surface area (Å²) in [5, 5.41) is 5.06. The first kappa shape index (κ1) is 11.2. The van der Waals surface area contributed by atoms with E-state index in [0.29, 0.717) is 0 Å². The molecule has 2 aromatic carbocycles. The van der Waals surface area contributed by atoms with Crippen molar-refractivity contribution in [2.75, 3.05) is 0 Å².